The normalized spacial score (nSPS) is 9.82. The Morgan fingerprint density at radius 3 is 2.76 bits per heavy atom. The number of nitrogens with one attached hydrogen (secondary N) is 1. The van der Waals surface area contributed by atoms with Crippen LogP contribution in [-0.2, 0) is 9.53 Å². The van der Waals surface area contributed by atoms with Crippen LogP contribution in [0.5, 0.6) is 5.88 Å². The summed E-state index contributed by atoms with van der Waals surface area (Å²) in [6.07, 6.45) is -0.371. The Morgan fingerprint density at radius 1 is 1.59 bits per heavy atom. The van der Waals surface area contributed by atoms with Gasteiger partial charge in [-0.1, -0.05) is 0 Å². The second-order valence-corrected chi connectivity index (χ2v) is 3.97. The van der Waals surface area contributed by atoms with Crippen LogP contribution in [0.3, 0.4) is 0 Å². The van der Waals surface area contributed by atoms with Gasteiger partial charge in [-0.05, 0) is 22.0 Å². The zero-order chi connectivity index (χ0) is 13.0. The number of methoxy groups -OCH3 is 1. The van der Waals surface area contributed by atoms with Gasteiger partial charge in [-0.15, -0.1) is 0 Å². The van der Waals surface area contributed by atoms with Gasteiger partial charge < -0.3 is 15.2 Å². The van der Waals surface area contributed by atoms with E-state index in [4.69, 9.17) is 0 Å². The molecule has 1 rings (SSSR count). The first-order chi connectivity index (χ1) is 7.99. The van der Waals surface area contributed by atoms with Crippen molar-refractivity contribution in [3.63, 3.8) is 0 Å². The number of hydrogen-bond donors (Lipinski definition) is 2. The van der Waals surface area contributed by atoms with Crippen molar-refractivity contribution in [1.29, 1.82) is 0 Å². The number of aromatic hydroxyl groups is 1. The van der Waals surface area contributed by atoms with Crippen LogP contribution in [0.2, 0.25) is 0 Å². The standard InChI is InChI=1S/C10H11BrN2O4/c1-12-9-5(3-6(11)10(16)13-9)7(14)4-8(15)17-2/h3H,4H2,1-2H3,(H2,12,13,16). The topological polar surface area (TPSA) is 88.5 Å². The molecule has 0 aliphatic carbocycles. The molecule has 0 saturated heterocycles. The van der Waals surface area contributed by atoms with Gasteiger partial charge >= 0.3 is 5.97 Å². The number of nitrogens with zero attached hydrogens (tertiary/aromatic N) is 1. The molecule has 0 atom stereocenters. The van der Waals surface area contributed by atoms with Gasteiger partial charge in [0.25, 0.3) is 0 Å². The fraction of sp³-hybridized carbons (Fsp3) is 0.300. The van der Waals surface area contributed by atoms with Gasteiger partial charge in [-0.3, -0.25) is 9.59 Å². The average Bonchev–Trinajstić information content (AvgIpc) is 2.31. The molecule has 0 aliphatic heterocycles. The summed E-state index contributed by atoms with van der Waals surface area (Å²) in [7, 11) is 2.77. The molecule has 17 heavy (non-hydrogen) atoms. The minimum atomic E-state index is -0.624. The minimum Gasteiger partial charge on any atom is -0.492 e. The lowest BCUT2D eigenvalue weighted by Gasteiger charge is -2.08. The van der Waals surface area contributed by atoms with Crippen LogP contribution in [0.25, 0.3) is 0 Å². The first-order valence-electron chi connectivity index (χ1n) is 4.66. The molecule has 0 bridgehead atoms. The lowest BCUT2D eigenvalue weighted by Crippen LogP contribution is -2.12. The van der Waals surface area contributed by atoms with Gasteiger partial charge in [0, 0.05) is 7.05 Å². The molecule has 0 spiro atoms. The van der Waals surface area contributed by atoms with Crippen LogP contribution >= 0.6 is 15.9 Å². The van der Waals surface area contributed by atoms with Crippen LogP contribution < -0.4 is 5.32 Å². The van der Waals surface area contributed by atoms with Crippen molar-refractivity contribution in [3.05, 3.63) is 16.1 Å². The summed E-state index contributed by atoms with van der Waals surface area (Å²) in [6.45, 7) is 0. The van der Waals surface area contributed by atoms with E-state index in [2.05, 4.69) is 31.0 Å². The molecular weight excluding hydrogens is 292 g/mol. The van der Waals surface area contributed by atoms with E-state index in [9.17, 15) is 14.7 Å². The van der Waals surface area contributed by atoms with Crippen molar-refractivity contribution in [2.45, 2.75) is 6.42 Å². The molecule has 1 aromatic rings. The van der Waals surface area contributed by atoms with Crippen molar-refractivity contribution < 1.29 is 19.4 Å². The third kappa shape index (κ3) is 3.16. The molecule has 0 unspecified atom stereocenters. The van der Waals surface area contributed by atoms with E-state index < -0.39 is 11.8 Å². The van der Waals surface area contributed by atoms with Crippen LogP contribution in [-0.4, -0.2) is 36.0 Å². The van der Waals surface area contributed by atoms with E-state index in [0.717, 1.165) is 0 Å². The van der Waals surface area contributed by atoms with Crippen molar-refractivity contribution in [2.24, 2.45) is 0 Å². The molecule has 0 fully saturated rings. The van der Waals surface area contributed by atoms with Crippen molar-refractivity contribution in [3.8, 4) is 5.88 Å². The number of ether oxygens (including phenoxy) is 1. The number of halogens is 1. The van der Waals surface area contributed by atoms with E-state index in [-0.39, 0.29) is 28.2 Å². The summed E-state index contributed by atoms with van der Waals surface area (Å²) in [6, 6.07) is 1.40. The molecular formula is C10H11BrN2O4. The fourth-order valence-corrected chi connectivity index (χ4v) is 1.50. The van der Waals surface area contributed by atoms with Gasteiger partial charge in [-0.25, -0.2) is 0 Å². The molecule has 92 valence electrons. The maximum Gasteiger partial charge on any atom is 0.313 e. The molecule has 6 nitrogen and oxygen atoms in total. The quantitative estimate of drug-likeness (QED) is 0.496. The van der Waals surface area contributed by atoms with Crippen molar-refractivity contribution in [2.75, 3.05) is 19.5 Å². The minimum absolute atomic E-state index is 0.208. The molecule has 0 aromatic carbocycles. The highest BCUT2D eigenvalue weighted by atomic mass is 79.9. The highest BCUT2D eigenvalue weighted by Gasteiger charge is 2.18. The molecule has 0 aliphatic rings. The van der Waals surface area contributed by atoms with E-state index in [1.807, 2.05) is 0 Å². The number of rotatable bonds is 4. The number of aromatic nitrogens is 1. The zero-order valence-corrected chi connectivity index (χ0v) is 10.9. The number of carbonyl (C=O) groups excluding carboxylic acids is 2. The van der Waals surface area contributed by atoms with Crippen molar-refractivity contribution in [1.82, 2.24) is 4.98 Å². The smallest absolute Gasteiger partial charge is 0.313 e. The Morgan fingerprint density at radius 2 is 2.24 bits per heavy atom. The molecule has 2 N–H and O–H groups in total. The summed E-state index contributed by atoms with van der Waals surface area (Å²) in [5, 5.41) is 12.0. The molecule has 0 amide bonds. The number of Topliss-reactive ketones (excluding diaryl/α,β-unsaturated/α-hetero) is 1. The van der Waals surface area contributed by atoms with E-state index in [1.165, 1.54) is 13.2 Å². The van der Waals surface area contributed by atoms with E-state index in [0.29, 0.717) is 0 Å². The van der Waals surface area contributed by atoms with Gasteiger partial charge in [0.2, 0.25) is 5.88 Å². The number of ketones is 1. The summed E-state index contributed by atoms with van der Waals surface area (Å²) in [5.41, 5.74) is 0.211. The number of pyridine rings is 1. The van der Waals surface area contributed by atoms with Gasteiger partial charge in [0.1, 0.15) is 12.2 Å². The first-order valence-corrected chi connectivity index (χ1v) is 5.46. The lowest BCUT2D eigenvalue weighted by molar-refractivity contribution is -0.139. The van der Waals surface area contributed by atoms with Crippen LogP contribution in [0, 0.1) is 0 Å². The van der Waals surface area contributed by atoms with Crippen molar-refractivity contribution >= 4 is 33.5 Å². The maximum atomic E-state index is 11.8. The highest BCUT2D eigenvalue weighted by Crippen LogP contribution is 2.27. The third-order valence-corrected chi connectivity index (χ3v) is 2.61. The number of carbonyl (C=O) groups is 2. The Bertz CT molecular complexity index is 462. The molecule has 7 heteroatoms. The average molecular weight is 303 g/mol. The van der Waals surface area contributed by atoms with Gasteiger partial charge in [-0.2, -0.15) is 4.98 Å². The number of esters is 1. The first kappa shape index (κ1) is 13.4. The Hall–Kier alpha value is -1.63. The zero-order valence-electron chi connectivity index (χ0n) is 9.28. The van der Waals surface area contributed by atoms with E-state index in [1.54, 1.807) is 7.05 Å². The third-order valence-electron chi connectivity index (χ3n) is 2.03. The Labute approximate surface area is 106 Å². The lowest BCUT2D eigenvalue weighted by atomic mass is 10.1. The number of anilines is 1. The van der Waals surface area contributed by atoms with Crippen LogP contribution in [0.4, 0.5) is 5.82 Å². The molecule has 0 radical (unpaired) electrons. The predicted octanol–water partition coefficient (Wildman–Crippen LogP) is 1.34. The monoisotopic (exact) mass is 302 g/mol. The Balaban J connectivity index is 3.08. The summed E-state index contributed by atoms with van der Waals surface area (Å²) >= 11 is 3.05. The number of hydrogen-bond acceptors (Lipinski definition) is 6. The highest BCUT2D eigenvalue weighted by molar-refractivity contribution is 9.10. The SMILES string of the molecule is CNc1nc(O)c(Br)cc1C(=O)CC(=O)OC. The second kappa shape index (κ2) is 5.62. The molecule has 1 aromatic heterocycles. The summed E-state index contributed by atoms with van der Waals surface area (Å²) < 4.78 is 4.69. The van der Waals surface area contributed by atoms with Gasteiger partial charge in [0.05, 0.1) is 17.1 Å². The molecule has 1 heterocycles. The molecule has 0 saturated carbocycles. The maximum absolute atomic E-state index is 11.8. The summed E-state index contributed by atoms with van der Waals surface area (Å²) in [5.74, 6) is -1.08. The largest absolute Gasteiger partial charge is 0.492 e. The predicted molar refractivity (Wildman–Crippen MR) is 64.1 cm³/mol. The van der Waals surface area contributed by atoms with Crippen LogP contribution in [0.15, 0.2) is 10.5 Å². The fourth-order valence-electron chi connectivity index (χ4n) is 1.18. The van der Waals surface area contributed by atoms with Crippen LogP contribution in [0.1, 0.15) is 16.8 Å². The van der Waals surface area contributed by atoms with E-state index >= 15 is 0 Å². The second-order valence-electron chi connectivity index (χ2n) is 3.12. The van der Waals surface area contributed by atoms with Gasteiger partial charge in [0.15, 0.2) is 5.78 Å². The Kier molecular flexibility index (Phi) is 4.45. The summed E-state index contributed by atoms with van der Waals surface area (Å²) in [4.78, 5) is 26.5.